The van der Waals surface area contributed by atoms with Crippen molar-refractivity contribution in [3.05, 3.63) is 59.2 Å². The Morgan fingerprint density at radius 1 is 0.903 bits per heavy atom. The molecule has 1 heterocycles. The normalized spacial score (nSPS) is 12.5. The quantitative estimate of drug-likeness (QED) is 0.581. The Morgan fingerprint density at radius 3 is 2.03 bits per heavy atom. The second kappa shape index (κ2) is 8.66. The SMILES string of the molecule is CCOc1ccc(N2C(=O)c3ccc(C(=O)N(CC(N)=O)CC(N)=O)cc3C2=O)cc1. The molecule has 0 unspecified atom stereocenters. The highest BCUT2D eigenvalue weighted by molar-refractivity contribution is 6.34. The fraction of sp³-hybridized carbons (Fsp3) is 0.190. The van der Waals surface area contributed by atoms with Crippen molar-refractivity contribution in [2.45, 2.75) is 6.92 Å². The van der Waals surface area contributed by atoms with Gasteiger partial charge in [-0.1, -0.05) is 0 Å². The minimum absolute atomic E-state index is 0.0101. The van der Waals surface area contributed by atoms with E-state index in [9.17, 15) is 24.0 Å². The number of nitrogens with zero attached hydrogens (tertiary/aromatic N) is 2. The van der Waals surface area contributed by atoms with Gasteiger partial charge in [0.1, 0.15) is 18.8 Å². The average molecular weight is 424 g/mol. The Labute approximate surface area is 177 Å². The number of fused-ring (bicyclic) bond motifs is 1. The third-order valence-corrected chi connectivity index (χ3v) is 4.52. The Hall–Kier alpha value is -4.21. The van der Waals surface area contributed by atoms with Crippen LogP contribution in [-0.2, 0) is 9.59 Å². The molecule has 31 heavy (non-hydrogen) atoms. The number of amides is 5. The molecule has 0 spiro atoms. The summed E-state index contributed by atoms with van der Waals surface area (Å²) in [5.41, 5.74) is 10.8. The zero-order chi connectivity index (χ0) is 22.7. The molecule has 0 radical (unpaired) electrons. The maximum absolute atomic E-state index is 12.9. The molecule has 1 aliphatic rings. The van der Waals surface area contributed by atoms with E-state index >= 15 is 0 Å². The largest absolute Gasteiger partial charge is 0.494 e. The summed E-state index contributed by atoms with van der Waals surface area (Å²) in [6, 6.07) is 10.4. The summed E-state index contributed by atoms with van der Waals surface area (Å²) in [4.78, 5) is 62.8. The molecular weight excluding hydrogens is 404 g/mol. The molecule has 2 aromatic carbocycles. The lowest BCUT2D eigenvalue weighted by molar-refractivity contribution is -0.121. The predicted octanol–water partition coefficient (Wildman–Crippen LogP) is 0.299. The van der Waals surface area contributed by atoms with Gasteiger partial charge < -0.3 is 21.1 Å². The molecule has 0 aliphatic carbocycles. The smallest absolute Gasteiger partial charge is 0.266 e. The third-order valence-electron chi connectivity index (χ3n) is 4.52. The van der Waals surface area contributed by atoms with E-state index in [2.05, 4.69) is 0 Å². The van der Waals surface area contributed by atoms with Crippen molar-refractivity contribution in [1.29, 1.82) is 0 Å². The highest BCUT2D eigenvalue weighted by Crippen LogP contribution is 2.30. The van der Waals surface area contributed by atoms with Crippen molar-refractivity contribution in [1.82, 2.24) is 4.90 Å². The lowest BCUT2D eigenvalue weighted by Gasteiger charge is -2.19. The first-order valence-electron chi connectivity index (χ1n) is 9.34. The number of nitrogens with two attached hydrogens (primary N) is 2. The number of ether oxygens (including phenoxy) is 1. The molecule has 5 amide bonds. The number of hydrogen-bond acceptors (Lipinski definition) is 6. The number of benzene rings is 2. The number of imide groups is 1. The van der Waals surface area contributed by atoms with Gasteiger partial charge in [-0.25, -0.2) is 4.90 Å². The number of carbonyl (C=O) groups is 5. The van der Waals surface area contributed by atoms with Crippen LogP contribution in [0.2, 0.25) is 0 Å². The Bertz CT molecular complexity index is 1060. The Balaban J connectivity index is 1.90. The Kier molecular flexibility index (Phi) is 6.00. The van der Waals surface area contributed by atoms with Gasteiger partial charge in [-0.15, -0.1) is 0 Å². The van der Waals surface area contributed by atoms with E-state index in [4.69, 9.17) is 16.2 Å². The second-order valence-corrected chi connectivity index (χ2v) is 6.73. The van der Waals surface area contributed by atoms with E-state index in [1.807, 2.05) is 6.92 Å². The first kappa shape index (κ1) is 21.5. The van der Waals surface area contributed by atoms with Crippen molar-refractivity contribution >= 4 is 35.2 Å². The summed E-state index contributed by atoms with van der Waals surface area (Å²) in [6.45, 7) is 1.27. The van der Waals surface area contributed by atoms with Crippen LogP contribution < -0.4 is 21.1 Å². The van der Waals surface area contributed by atoms with Crippen LogP contribution in [0.3, 0.4) is 0 Å². The van der Waals surface area contributed by atoms with Crippen LogP contribution in [-0.4, -0.2) is 54.1 Å². The third kappa shape index (κ3) is 4.37. The minimum Gasteiger partial charge on any atom is -0.494 e. The van der Waals surface area contributed by atoms with Crippen molar-refractivity contribution in [2.75, 3.05) is 24.6 Å². The van der Waals surface area contributed by atoms with Crippen molar-refractivity contribution in [3.63, 3.8) is 0 Å². The molecule has 0 aromatic heterocycles. The molecule has 0 fully saturated rings. The molecule has 1 aliphatic heterocycles. The summed E-state index contributed by atoms with van der Waals surface area (Å²) in [6.07, 6.45) is 0. The summed E-state index contributed by atoms with van der Waals surface area (Å²) in [7, 11) is 0. The van der Waals surface area contributed by atoms with E-state index in [-0.39, 0.29) is 16.7 Å². The van der Waals surface area contributed by atoms with Crippen LogP contribution in [0.1, 0.15) is 38.0 Å². The van der Waals surface area contributed by atoms with E-state index in [0.717, 1.165) is 9.80 Å². The zero-order valence-electron chi connectivity index (χ0n) is 16.7. The van der Waals surface area contributed by atoms with Crippen molar-refractivity contribution in [3.8, 4) is 5.75 Å². The van der Waals surface area contributed by atoms with Gasteiger partial charge >= 0.3 is 0 Å². The van der Waals surface area contributed by atoms with Gasteiger partial charge in [0, 0.05) is 5.56 Å². The molecule has 10 nitrogen and oxygen atoms in total. The monoisotopic (exact) mass is 424 g/mol. The molecule has 0 atom stereocenters. The van der Waals surface area contributed by atoms with E-state index in [1.54, 1.807) is 24.3 Å². The number of hydrogen-bond donors (Lipinski definition) is 2. The molecule has 10 heteroatoms. The summed E-state index contributed by atoms with van der Waals surface area (Å²) in [5.74, 6) is -2.92. The van der Waals surface area contributed by atoms with E-state index in [1.165, 1.54) is 18.2 Å². The van der Waals surface area contributed by atoms with Crippen LogP contribution in [0.4, 0.5) is 5.69 Å². The lowest BCUT2D eigenvalue weighted by Crippen LogP contribution is -2.43. The van der Waals surface area contributed by atoms with E-state index in [0.29, 0.717) is 18.0 Å². The van der Waals surface area contributed by atoms with Gasteiger partial charge in [0.05, 0.1) is 23.4 Å². The molecule has 0 bridgehead atoms. The summed E-state index contributed by atoms with van der Waals surface area (Å²) in [5, 5.41) is 0. The molecule has 3 rings (SSSR count). The van der Waals surface area contributed by atoms with Crippen LogP contribution in [0.25, 0.3) is 0 Å². The summed E-state index contributed by atoms with van der Waals surface area (Å²) >= 11 is 0. The topological polar surface area (TPSA) is 153 Å². The molecule has 0 saturated heterocycles. The van der Waals surface area contributed by atoms with Gasteiger partial charge in [-0.05, 0) is 49.4 Å². The van der Waals surface area contributed by atoms with Crippen LogP contribution in [0.15, 0.2) is 42.5 Å². The molecule has 160 valence electrons. The van der Waals surface area contributed by atoms with Crippen LogP contribution >= 0.6 is 0 Å². The lowest BCUT2D eigenvalue weighted by atomic mass is 10.0. The summed E-state index contributed by atoms with van der Waals surface area (Å²) < 4.78 is 5.36. The first-order chi connectivity index (χ1) is 14.7. The second-order valence-electron chi connectivity index (χ2n) is 6.73. The van der Waals surface area contributed by atoms with Gasteiger partial charge in [-0.2, -0.15) is 0 Å². The highest BCUT2D eigenvalue weighted by Gasteiger charge is 2.37. The molecular formula is C21H20N4O6. The number of rotatable bonds is 8. The standard InChI is InChI=1S/C21H20N4O6/c1-2-31-14-6-4-13(5-7-14)25-20(29)15-8-3-12(9-16(15)21(25)30)19(28)24(10-17(22)26)11-18(23)27/h3-9H,2,10-11H2,1H3,(H2,22,26)(H2,23,27). The first-order valence-corrected chi connectivity index (χ1v) is 9.34. The number of carbonyl (C=O) groups excluding carboxylic acids is 5. The van der Waals surface area contributed by atoms with E-state index < -0.39 is 42.6 Å². The van der Waals surface area contributed by atoms with Gasteiger partial charge in [0.15, 0.2) is 0 Å². The highest BCUT2D eigenvalue weighted by atomic mass is 16.5. The van der Waals surface area contributed by atoms with Crippen LogP contribution in [0.5, 0.6) is 5.75 Å². The van der Waals surface area contributed by atoms with Crippen molar-refractivity contribution < 1.29 is 28.7 Å². The Morgan fingerprint density at radius 2 is 1.48 bits per heavy atom. The van der Waals surface area contributed by atoms with Crippen molar-refractivity contribution in [2.24, 2.45) is 11.5 Å². The molecule has 4 N–H and O–H groups in total. The fourth-order valence-electron chi connectivity index (χ4n) is 3.22. The fourth-order valence-corrected chi connectivity index (χ4v) is 3.22. The number of anilines is 1. The zero-order valence-corrected chi connectivity index (χ0v) is 16.7. The minimum atomic E-state index is -0.830. The van der Waals surface area contributed by atoms with Crippen LogP contribution in [0, 0.1) is 0 Å². The average Bonchev–Trinajstić information content (AvgIpc) is 2.97. The molecule has 2 aromatic rings. The number of primary amides is 2. The maximum Gasteiger partial charge on any atom is 0.266 e. The van der Waals surface area contributed by atoms with Gasteiger partial charge in [-0.3, -0.25) is 24.0 Å². The van der Waals surface area contributed by atoms with Gasteiger partial charge in [0.25, 0.3) is 17.7 Å². The maximum atomic E-state index is 12.9. The molecule has 0 saturated carbocycles. The van der Waals surface area contributed by atoms with Gasteiger partial charge in [0.2, 0.25) is 11.8 Å². The predicted molar refractivity (Wildman–Crippen MR) is 109 cm³/mol.